The van der Waals surface area contributed by atoms with Crippen molar-refractivity contribution in [3.05, 3.63) is 81.7 Å². The largest absolute Gasteiger partial charge is 0.492 e. The zero-order chi connectivity index (χ0) is 30.9. The second kappa shape index (κ2) is 12.1. The highest BCUT2D eigenvalue weighted by Gasteiger charge is 2.32. The summed E-state index contributed by atoms with van der Waals surface area (Å²) in [4.78, 5) is 11.8. The zero-order valence-corrected chi connectivity index (χ0v) is 25.1. The molecular formula is C33H37FN4O5. The van der Waals surface area contributed by atoms with E-state index in [1.54, 1.807) is 13.8 Å². The average Bonchev–Trinajstić information content (AvgIpc) is 3.58. The van der Waals surface area contributed by atoms with Gasteiger partial charge in [-0.05, 0) is 97.8 Å². The van der Waals surface area contributed by atoms with Crippen molar-refractivity contribution in [2.24, 2.45) is 21.2 Å². The number of aryl methyl sites for hydroxylation is 2. The summed E-state index contributed by atoms with van der Waals surface area (Å²) in [5, 5.41) is 21.2. The number of benzene rings is 3. The van der Waals surface area contributed by atoms with E-state index in [9.17, 15) is 9.90 Å². The highest BCUT2D eigenvalue weighted by atomic mass is 19.1. The predicted octanol–water partition coefficient (Wildman–Crippen LogP) is 6.06. The van der Waals surface area contributed by atoms with Crippen molar-refractivity contribution in [2.75, 3.05) is 20.3 Å². The zero-order valence-electron chi connectivity index (χ0n) is 25.1. The van der Waals surface area contributed by atoms with E-state index in [1.165, 1.54) is 13.2 Å². The van der Waals surface area contributed by atoms with Crippen molar-refractivity contribution in [1.82, 2.24) is 0 Å². The molecule has 1 aliphatic heterocycles. The molecular weight excluding hydrogens is 551 g/mol. The van der Waals surface area contributed by atoms with Crippen LogP contribution in [0.15, 0.2) is 57.9 Å². The predicted molar refractivity (Wildman–Crippen MR) is 161 cm³/mol. The van der Waals surface area contributed by atoms with Crippen LogP contribution in [0.4, 0.5) is 4.39 Å². The van der Waals surface area contributed by atoms with Gasteiger partial charge >= 0.3 is 5.97 Å². The lowest BCUT2D eigenvalue weighted by Gasteiger charge is -2.19. The standard InChI is InChI=1S/C33H37FN4O5/c1-18-12-20(32(35)36-38-37-33(3,4)17-39)13-19(2)30(18)24-8-10-26(34)31-25(24)9-11-27(31)43-22-6-7-23-21(14-29(40)41-5)16-42-28(23)15-22/h6-8,10,12-13,15,21,27,39H,9,11,14,16-17H2,1-5H3,(H2,35,36,37)/t21-,27-/m1/s1. The molecule has 226 valence electrons. The van der Waals surface area contributed by atoms with Crippen LogP contribution in [0.25, 0.3) is 11.1 Å². The molecule has 43 heavy (non-hydrogen) atoms. The van der Waals surface area contributed by atoms with Gasteiger partial charge in [-0.25, -0.2) is 4.39 Å². The molecule has 0 saturated heterocycles. The van der Waals surface area contributed by atoms with Gasteiger partial charge in [-0.2, -0.15) is 5.11 Å². The minimum atomic E-state index is -0.743. The van der Waals surface area contributed by atoms with Crippen molar-refractivity contribution in [3.63, 3.8) is 0 Å². The van der Waals surface area contributed by atoms with E-state index in [2.05, 4.69) is 15.4 Å². The van der Waals surface area contributed by atoms with Gasteiger partial charge in [0.05, 0.1) is 26.7 Å². The summed E-state index contributed by atoms with van der Waals surface area (Å²) in [6.07, 6.45) is 1.11. The molecule has 0 saturated carbocycles. The molecule has 0 unspecified atom stereocenters. The number of rotatable bonds is 9. The van der Waals surface area contributed by atoms with Crippen LogP contribution in [-0.2, 0) is 16.0 Å². The smallest absolute Gasteiger partial charge is 0.306 e. The van der Waals surface area contributed by atoms with Crippen LogP contribution in [-0.4, -0.2) is 42.8 Å². The minimum Gasteiger partial charge on any atom is -0.492 e. The van der Waals surface area contributed by atoms with Gasteiger partial charge in [0.15, 0.2) is 5.84 Å². The number of hydrogen-bond donors (Lipinski definition) is 2. The number of esters is 1. The van der Waals surface area contributed by atoms with E-state index in [0.29, 0.717) is 42.1 Å². The number of hydrogen-bond acceptors (Lipinski definition) is 7. The molecule has 2 aliphatic rings. The van der Waals surface area contributed by atoms with E-state index >= 15 is 4.39 Å². The third kappa shape index (κ3) is 6.24. The van der Waals surface area contributed by atoms with Gasteiger partial charge in [0, 0.05) is 28.7 Å². The highest BCUT2D eigenvalue weighted by Crippen LogP contribution is 2.45. The first-order valence-electron chi connectivity index (χ1n) is 14.3. The summed E-state index contributed by atoms with van der Waals surface area (Å²) in [5.41, 5.74) is 12.5. The molecule has 0 bridgehead atoms. The summed E-state index contributed by atoms with van der Waals surface area (Å²) in [5.74, 6) is 0.833. The summed E-state index contributed by atoms with van der Waals surface area (Å²) in [6.45, 7) is 7.71. The average molecular weight is 589 g/mol. The number of ether oxygens (including phenoxy) is 3. The minimum absolute atomic E-state index is 0.0639. The van der Waals surface area contributed by atoms with Crippen LogP contribution in [0.3, 0.4) is 0 Å². The van der Waals surface area contributed by atoms with Gasteiger partial charge in [-0.1, -0.05) is 12.1 Å². The number of amidine groups is 1. The van der Waals surface area contributed by atoms with Crippen molar-refractivity contribution >= 4 is 11.8 Å². The third-order valence-corrected chi connectivity index (χ3v) is 8.02. The van der Waals surface area contributed by atoms with E-state index in [1.807, 2.05) is 50.2 Å². The first-order chi connectivity index (χ1) is 20.5. The van der Waals surface area contributed by atoms with E-state index in [-0.39, 0.29) is 36.6 Å². The van der Waals surface area contributed by atoms with Crippen molar-refractivity contribution < 1.29 is 28.5 Å². The van der Waals surface area contributed by atoms with Crippen molar-refractivity contribution in [2.45, 2.75) is 64.5 Å². The molecule has 1 aliphatic carbocycles. The van der Waals surface area contributed by atoms with E-state index in [0.717, 1.165) is 33.4 Å². The van der Waals surface area contributed by atoms with Crippen LogP contribution < -0.4 is 15.2 Å². The lowest BCUT2D eigenvalue weighted by molar-refractivity contribution is -0.141. The van der Waals surface area contributed by atoms with E-state index < -0.39 is 11.6 Å². The molecule has 3 aromatic carbocycles. The maximum atomic E-state index is 15.3. The Morgan fingerprint density at radius 3 is 2.60 bits per heavy atom. The molecule has 0 amide bonds. The fourth-order valence-corrected chi connectivity index (χ4v) is 5.79. The quantitative estimate of drug-likeness (QED) is 0.103. The summed E-state index contributed by atoms with van der Waals surface area (Å²) in [7, 11) is 1.38. The van der Waals surface area contributed by atoms with Gasteiger partial charge in [0.25, 0.3) is 0 Å². The number of carbonyl (C=O) groups excluding carboxylic acids is 1. The monoisotopic (exact) mass is 588 g/mol. The van der Waals surface area contributed by atoms with Crippen LogP contribution in [0.5, 0.6) is 11.5 Å². The molecule has 1 heterocycles. The number of fused-ring (bicyclic) bond motifs is 2. The Bertz CT molecular complexity index is 1590. The Morgan fingerprint density at radius 2 is 1.91 bits per heavy atom. The molecule has 3 aromatic rings. The van der Waals surface area contributed by atoms with Gasteiger partial charge in [0.1, 0.15) is 29.0 Å². The van der Waals surface area contributed by atoms with Gasteiger partial charge in [-0.15, -0.1) is 5.10 Å². The Labute approximate surface area is 250 Å². The van der Waals surface area contributed by atoms with E-state index in [4.69, 9.17) is 19.9 Å². The number of nitrogens with two attached hydrogens (primary N) is 1. The number of halogens is 1. The fourth-order valence-electron chi connectivity index (χ4n) is 5.79. The van der Waals surface area contributed by atoms with Crippen LogP contribution in [0, 0.1) is 19.7 Å². The Hall–Kier alpha value is -4.31. The first kappa shape index (κ1) is 30.2. The molecule has 10 heteroatoms. The Morgan fingerprint density at radius 1 is 1.16 bits per heavy atom. The number of aliphatic hydroxyl groups excluding tert-OH is 1. The molecule has 3 N–H and O–H groups in total. The highest BCUT2D eigenvalue weighted by molar-refractivity contribution is 5.98. The van der Waals surface area contributed by atoms with Crippen LogP contribution >= 0.6 is 0 Å². The van der Waals surface area contributed by atoms with Crippen LogP contribution in [0.2, 0.25) is 0 Å². The molecule has 0 fully saturated rings. The molecule has 5 rings (SSSR count). The molecule has 0 aromatic heterocycles. The molecule has 9 nitrogen and oxygen atoms in total. The van der Waals surface area contributed by atoms with Crippen molar-refractivity contribution in [1.29, 1.82) is 0 Å². The molecule has 0 spiro atoms. The SMILES string of the molecule is COC(=O)C[C@@H]1COc2cc(O[C@@H]3CCc4c(-c5c(C)cc(/C(N)=N/N=NC(C)(C)CO)cc5C)ccc(F)c43)ccc21. The molecule has 2 atom stereocenters. The maximum absolute atomic E-state index is 15.3. The first-order valence-corrected chi connectivity index (χ1v) is 14.3. The summed E-state index contributed by atoms with van der Waals surface area (Å²) in [6, 6.07) is 12.8. The maximum Gasteiger partial charge on any atom is 0.306 e. The number of methoxy groups -OCH3 is 1. The topological polar surface area (TPSA) is 128 Å². The Kier molecular flexibility index (Phi) is 8.50. The summed E-state index contributed by atoms with van der Waals surface area (Å²) >= 11 is 0. The van der Waals surface area contributed by atoms with Gasteiger partial charge in [0.2, 0.25) is 0 Å². The fraction of sp³-hybridized carbons (Fsp3) is 0.394. The lowest BCUT2D eigenvalue weighted by atomic mass is 9.89. The Balaban J connectivity index is 1.40. The number of aliphatic hydroxyl groups is 1. The second-order valence-corrected chi connectivity index (χ2v) is 11.8. The van der Waals surface area contributed by atoms with Crippen molar-refractivity contribution in [3.8, 4) is 22.6 Å². The second-order valence-electron chi connectivity index (χ2n) is 11.8. The summed E-state index contributed by atoms with van der Waals surface area (Å²) < 4.78 is 32.3. The lowest BCUT2D eigenvalue weighted by Crippen LogP contribution is -2.21. The number of carbonyl (C=O) groups is 1. The van der Waals surface area contributed by atoms with Gasteiger partial charge < -0.3 is 25.1 Å². The number of nitrogens with zero attached hydrogens (tertiary/aromatic N) is 3. The normalized spacial score (nSPS) is 18.0. The van der Waals surface area contributed by atoms with Crippen LogP contribution in [0.1, 0.15) is 72.1 Å². The third-order valence-electron chi connectivity index (χ3n) is 8.02. The van der Waals surface area contributed by atoms with Gasteiger partial charge in [-0.3, -0.25) is 4.79 Å². The molecule has 0 radical (unpaired) electrons.